The molecule has 0 bridgehead atoms. The van der Waals surface area contributed by atoms with Gasteiger partial charge in [-0.05, 0) is 36.8 Å². The highest BCUT2D eigenvalue weighted by molar-refractivity contribution is 7.99. The van der Waals surface area contributed by atoms with Crippen LogP contribution in [0.4, 0.5) is 13.2 Å². The number of hydrogen-bond donors (Lipinski definition) is 1. The summed E-state index contributed by atoms with van der Waals surface area (Å²) < 4.78 is 44.5. The number of ketones is 1. The molecule has 0 radical (unpaired) electrons. The number of Topliss-reactive ketones (excluding diaryl/α,β-unsaturated/α-hetero) is 1. The number of carbonyl (C=O) groups is 1. The summed E-state index contributed by atoms with van der Waals surface area (Å²) in [4.78, 5) is 12.7. The zero-order valence-corrected chi connectivity index (χ0v) is 14.6. The molecule has 0 saturated heterocycles. The summed E-state index contributed by atoms with van der Waals surface area (Å²) in [6.45, 7) is 3.94. The van der Waals surface area contributed by atoms with Crippen LogP contribution in [0.25, 0.3) is 5.57 Å². The SMILES string of the molecule is CCCSC(C)C1OC(NC)=C(c2cccc(C(F)(F)F)c2)C1=O. The third kappa shape index (κ3) is 3.88. The molecule has 2 rings (SSSR count). The van der Waals surface area contributed by atoms with E-state index < -0.39 is 17.8 Å². The van der Waals surface area contributed by atoms with Gasteiger partial charge in [0, 0.05) is 12.3 Å². The molecule has 1 N–H and O–H groups in total. The number of halogens is 3. The van der Waals surface area contributed by atoms with Gasteiger partial charge < -0.3 is 10.1 Å². The van der Waals surface area contributed by atoms with Crippen LogP contribution in [-0.2, 0) is 15.7 Å². The Kier molecular flexibility index (Phi) is 5.85. The highest BCUT2D eigenvalue weighted by Crippen LogP contribution is 2.36. The monoisotopic (exact) mass is 359 g/mol. The first-order valence-electron chi connectivity index (χ1n) is 7.71. The van der Waals surface area contributed by atoms with E-state index in [1.807, 2.05) is 13.8 Å². The second kappa shape index (κ2) is 7.51. The van der Waals surface area contributed by atoms with Crippen molar-refractivity contribution in [2.24, 2.45) is 0 Å². The number of nitrogens with one attached hydrogen (secondary N) is 1. The molecule has 7 heteroatoms. The van der Waals surface area contributed by atoms with Gasteiger partial charge in [-0.25, -0.2) is 0 Å². The molecular formula is C17H20F3NO2S. The highest BCUT2D eigenvalue weighted by atomic mass is 32.2. The Balaban J connectivity index is 2.33. The molecule has 0 saturated carbocycles. The van der Waals surface area contributed by atoms with Crippen LogP contribution in [0, 0.1) is 0 Å². The van der Waals surface area contributed by atoms with E-state index >= 15 is 0 Å². The molecule has 0 aromatic heterocycles. The first-order chi connectivity index (χ1) is 11.3. The summed E-state index contributed by atoms with van der Waals surface area (Å²) in [5, 5.41) is 2.71. The second-order valence-corrected chi connectivity index (χ2v) is 7.00. The molecular weight excluding hydrogens is 339 g/mol. The molecule has 1 aliphatic heterocycles. The summed E-state index contributed by atoms with van der Waals surface area (Å²) in [5.74, 6) is 0.838. The average molecular weight is 359 g/mol. The molecule has 2 unspecified atom stereocenters. The lowest BCUT2D eigenvalue weighted by Gasteiger charge is -2.18. The number of rotatable bonds is 6. The zero-order valence-electron chi connectivity index (χ0n) is 13.7. The molecule has 1 heterocycles. The Labute approximate surface area is 143 Å². The van der Waals surface area contributed by atoms with E-state index in [0.717, 1.165) is 24.3 Å². The molecule has 3 nitrogen and oxygen atoms in total. The van der Waals surface area contributed by atoms with Crippen LogP contribution in [0.2, 0.25) is 0 Å². The maximum absolute atomic E-state index is 12.9. The lowest BCUT2D eigenvalue weighted by molar-refractivity contribution is -0.137. The largest absolute Gasteiger partial charge is 0.466 e. The average Bonchev–Trinajstić information content (AvgIpc) is 2.88. The van der Waals surface area contributed by atoms with E-state index in [-0.39, 0.29) is 28.1 Å². The van der Waals surface area contributed by atoms with Gasteiger partial charge in [0.2, 0.25) is 5.78 Å². The van der Waals surface area contributed by atoms with E-state index in [2.05, 4.69) is 5.32 Å². The number of benzene rings is 1. The van der Waals surface area contributed by atoms with Gasteiger partial charge in [0.15, 0.2) is 12.0 Å². The topological polar surface area (TPSA) is 38.3 Å². The normalized spacial score (nSPS) is 19.4. The van der Waals surface area contributed by atoms with Crippen LogP contribution >= 0.6 is 11.8 Å². The van der Waals surface area contributed by atoms with E-state index in [1.54, 1.807) is 18.8 Å². The van der Waals surface area contributed by atoms with Gasteiger partial charge >= 0.3 is 6.18 Å². The van der Waals surface area contributed by atoms with Crippen molar-refractivity contribution in [2.45, 2.75) is 37.8 Å². The molecule has 2 atom stereocenters. The van der Waals surface area contributed by atoms with Crippen LogP contribution in [-0.4, -0.2) is 29.9 Å². The molecule has 0 fully saturated rings. The Morgan fingerprint density at radius 1 is 1.38 bits per heavy atom. The standard InChI is InChI=1S/C17H20F3NO2S/c1-4-8-24-10(2)15-14(22)13(16(21-3)23-15)11-6-5-7-12(9-11)17(18,19)20/h5-7,9-10,15,21H,4,8H2,1-3H3. The predicted octanol–water partition coefficient (Wildman–Crippen LogP) is 4.09. The van der Waals surface area contributed by atoms with Crippen molar-refractivity contribution in [3.8, 4) is 0 Å². The van der Waals surface area contributed by atoms with Crippen molar-refractivity contribution >= 4 is 23.1 Å². The van der Waals surface area contributed by atoms with Gasteiger partial charge in [-0.1, -0.05) is 19.1 Å². The molecule has 0 spiro atoms. The fourth-order valence-electron chi connectivity index (χ4n) is 2.50. The van der Waals surface area contributed by atoms with Crippen LogP contribution in [0.3, 0.4) is 0 Å². The predicted molar refractivity (Wildman–Crippen MR) is 89.5 cm³/mol. The molecule has 1 aliphatic rings. The number of ether oxygens (including phenoxy) is 1. The third-order valence-corrected chi connectivity index (χ3v) is 5.11. The van der Waals surface area contributed by atoms with E-state index in [9.17, 15) is 18.0 Å². The summed E-state index contributed by atoms with van der Waals surface area (Å²) in [6.07, 6.45) is -4.17. The molecule has 1 aromatic rings. The first-order valence-corrected chi connectivity index (χ1v) is 8.76. The quantitative estimate of drug-likeness (QED) is 0.830. The van der Waals surface area contributed by atoms with E-state index in [4.69, 9.17) is 4.74 Å². The Hall–Kier alpha value is -1.63. The summed E-state index contributed by atoms with van der Waals surface area (Å²) >= 11 is 1.61. The van der Waals surface area contributed by atoms with Crippen molar-refractivity contribution in [2.75, 3.05) is 12.8 Å². The number of thioether (sulfide) groups is 1. The van der Waals surface area contributed by atoms with Crippen molar-refractivity contribution in [1.82, 2.24) is 5.32 Å². The van der Waals surface area contributed by atoms with Crippen LogP contribution in [0.15, 0.2) is 30.1 Å². The van der Waals surface area contributed by atoms with E-state index in [0.29, 0.717) is 0 Å². The Morgan fingerprint density at radius 2 is 2.08 bits per heavy atom. The highest BCUT2D eigenvalue weighted by Gasteiger charge is 2.40. The number of hydrogen-bond acceptors (Lipinski definition) is 4. The number of alkyl halides is 3. The molecule has 132 valence electrons. The minimum Gasteiger partial charge on any atom is -0.466 e. The van der Waals surface area contributed by atoms with Gasteiger partial charge in [0.05, 0.1) is 11.1 Å². The van der Waals surface area contributed by atoms with Gasteiger partial charge in [0.1, 0.15) is 0 Å². The molecule has 1 aromatic carbocycles. The summed E-state index contributed by atoms with van der Waals surface area (Å²) in [6, 6.07) is 4.77. The van der Waals surface area contributed by atoms with Crippen LogP contribution in [0.1, 0.15) is 31.4 Å². The van der Waals surface area contributed by atoms with E-state index in [1.165, 1.54) is 12.1 Å². The summed E-state index contributed by atoms with van der Waals surface area (Å²) in [7, 11) is 1.59. The van der Waals surface area contributed by atoms with Gasteiger partial charge in [-0.2, -0.15) is 24.9 Å². The smallest absolute Gasteiger partial charge is 0.416 e. The molecule has 0 aliphatic carbocycles. The van der Waals surface area contributed by atoms with Crippen molar-refractivity contribution in [3.05, 3.63) is 41.3 Å². The fourth-order valence-corrected chi connectivity index (χ4v) is 3.46. The maximum atomic E-state index is 12.9. The minimum absolute atomic E-state index is 0.0795. The second-order valence-electron chi connectivity index (χ2n) is 5.51. The van der Waals surface area contributed by atoms with Crippen molar-refractivity contribution in [1.29, 1.82) is 0 Å². The Bertz CT molecular complexity index is 643. The Morgan fingerprint density at radius 3 is 2.67 bits per heavy atom. The minimum atomic E-state index is -4.46. The van der Waals surface area contributed by atoms with Gasteiger partial charge in [0.25, 0.3) is 0 Å². The molecule has 0 amide bonds. The van der Waals surface area contributed by atoms with Crippen LogP contribution < -0.4 is 5.32 Å². The number of carbonyl (C=O) groups excluding carboxylic acids is 1. The van der Waals surface area contributed by atoms with Crippen LogP contribution in [0.5, 0.6) is 0 Å². The van der Waals surface area contributed by atoms with Gasteiger partial charge in [-0.15, -0.1) is 0 Å². The maximum Gasteiger partial charge on any atom is 0.416 e. The summed E-state index contributed by atoms with van der Waals surface area (Å²) in [5.41, 5.74) is -0.389. The molecule has 24 heavy (non-hydrogen) atoms. The first kappa shape index (κ1) is 18.7. The van der Waals surface area contributed by atoms with Crippen molar-refractivity contribution in [3.63, 3.8) is 0 Å². The zero-order chi connectivity index (χ0) is 17.9. The lowest BCUT2D eigenvalue weighted by atomic mass is 9.97. The third-order valence-electron chi connectivity index (χ3n) is 3.69. The van der Waals surface area contributed by atoms with Crippen molar-refractivity contribution < 1.29 is 22.7 Å². The van der Waals surface area contributed by atoms with Gasteiger partial charge in [-0.3, -0.25) is 4.79 Å². The fraction of sp³-hybridized carbons (Fsp3) is 0.471. The lowest BCUT2D eigenvalue weighted by Crippen LogP contribution is -2.29.